The monoisotopic (exact) mass is 258 g/mol. The van der Waals surface area contributed by atoms with Gasteiger partial charge >= 0.3 is 0 Å². The van der Waals surface area contributed by atoms with E-state index < -0.39 is 0 Å². The van der Waals surface area contributed by atoms with Crippen molar-refractivity contribution in [3.63, 3.8) is 0 Å². The molecule has 0 bridgehead atoms. The Labute approximate surface area is 109 Å². The van der Waals surface area contributed by atoms with E-state index in [1.54, 1.807) is 12.1 Å². The van der Waals surface area contributed by atoms with Gasteiger partial charge in [0.1, 0.15) is 5.82 Å². The van der Waals surface area contributed by atoms with Crippen molar-refractivity contribution < 1.29 is 4.39 Å². The third-order valence-electron chi connectivity index (χ3n) is 3.18. The fourth-order valence-electron chi connectivity index (χ4n) is 2.18. The number of hydrogen-bond acceptors (Lipinski definition) is 2. The Balaban J connectivity index is 0.00000144. The third kappa shape index (κ3) is 4.26. The molecule has 0 amide bonds. The molecule has 1 N–H and O–H groups in total. The molecular weight excluding hydrogens is 239 g/mol. The molecule has 1 fully saturated rings. The Morgan fingerprint density at radius 1 is 1.24 bits per heavy atom. The fraction of sp³-hybridized carbons (Fsp3) is 0.538. The lowest BCUT2D eigenvalue weighted by Gasteiger charge is -2.29. The first-order valence-corrected chi connectivity index (χ1v) is 5.94. The van der Waals surface area contributed by atoms with Gasteiger partial charge in [0.2, 0.25) is 0 Å². The minimum Gasteiger partial charge on any atom is -0.314 e. The summed E-state index contributed by atoms with van der Waals surface area (Å²) in [6.07, 6.45) is 0. The summed E-state index contributed by atoms with van der Waals surface area (Å²) in [4.78, 5) is 2.46. The summed E-state index contributed by atoms with van der Waals surface area (Å²) < 4.78 is 12.8. The summed E-state index contributed by atoms with van der Waals surface area (Å²) in [5.41, 5.74) is 1.22. The van der Waals surface area contributed by atoms with E-state index in [2.05, 4.69) is 17.1 Å². The molecule has 1 aromatic carbocycles. The lowest BCUT2D eigenvalue weighted by atomic mass is 10.0. The Morgan fingerprint density at radius 2 is 1.82 bits per heavy atom. The van der Waals surface area contributed by atoms with Gasteiger partial charge in [-0.25, -0.2) is 4.39 Å². The molecule has 2 rings (SSSR count). The predicted octanol–water partition coefficient (Wildman–Crippen LogP) is 2.26. The van der Waals surface area contributed by atoms with E-state index in [-0.39, 0.29) is 18.2 Å². The van der Waals surface area contributed by atoms with Crippen LogP contribution in [0.4, 0.5) is 4.39 Å². The van der Waals surface area contributed by atoms with Crippen LogP contribution in [-0.2, 0) is 0 Å². The molecule has 0 radical (unpaired) electrons. The van der Waals surface area contributed by atoms with Crippen molar-refractivity contribution >= 4 is 12.4 Å². The molecule has 17 heavy (non-hydrogen) atoms. The minimum absolute atomic E-state index is 0. The highest BCUT2D eigenvalue weighted by Gasteiger charge is 2.14. The average Bonchev–Trinajstić information content (AvgIpc) is 2.31. The first-order valence-electron chi connectivity index (χ1n) is 5.94. The molecule has 2 nitrogen and oxygen atoms in total. The van der Waals surface area contributed by atoms with E-state index in [1.165, 1.54) is 5.56 Å². The van der Waals surface area contributed by atoms with E-state index in [0.29, 0.717) is 5.92 Å². The highest BCUT2D eigenvalue weighted by atomic mass is 35.5. The van der Waals surface area contributed by atoms with Crippen LogP contribution >= 0.6 is 12.4 Å². The van der Waals surface area contributed by atoms with Crippen LogP contribution in [0.3, 0.4) is 0 Å². The fourth-order valence-corrected chi connectivity index (χ4v) is 2.18. The molecule has 1 atom stereocenters. The average molecular weight is 259 g/mol. The van der Waals surface area contributed by atoms with E-state index in [9.17, 15) is 4.39 Å². The summed E-state index contributed by atoms with van der Waals surface area (Å²) in [6.45, 7) is 7.66. The lowest BCUT2D eigenvalue weighted by Crippen LogP contribution is -2.44. The van der Waals surface area contributed by atoms with E-state index in [4.69, 9.17) is 0 Å². The van der Waals surface area contributed by atoms with Crippen molar-refractivity contribution in [2.45, 2.75) is 12.8 Å². The highest BCUT2D eigenvalue weighted by molar-refractivity contribution is 5.85. The van der Waals surface area contributed by atoms with Gasteiger partial charge in [0, 0.05) is 32.7 Å². The van der Waals surface area contributed by atoms with Crippen LogP contribution in [0.25, 0.3) is 0 Å². The summed E-state index contributed by atoms with van der Waals surface area (Å²) in [7, 11) is 0. The van der Waals surface area contributed by atoms with Crippen molar-refractivity contribution in [3.8, 4) is 0 Å². The first kappa shape index (κ1) is 14.4. The maximum Gasteiger partial charge on any atom is 0.123 e. The zero-order valence-electron chi connectivity index (χ0n) is 10.2. The predicted molar refractivity (Wildman–Crippen MR) is 71.4 cm³/mol. The van der Waals surface area contributed by atoms with Crippen LogP contribution in [0.5, 0.6) is 0 Å². The molecular formula is C13H20ClFN2. The van der Waals surface area contributed by atoms with Gasteiger partial charge in [-0.3, -0.25) is 0 Å². The second-order valence-electron chi connectivity index (χ2n) is 4.50. The molecule has 1 aliphatic rings. The third-order valence-corrected chi connectivity index (χ3v) is 3.18. The Hall–Kier alpha value is -0.640. The summed E-state index contributed by atoms with van der Waals surface area (Å²) in [5, 5.41) is 3.34. The maximum atomic E-state index is 12.8. The van der Waals surface area contributed by atoms with Gasteiger partial charge in [-0.05, 0) is 23.6 Å². The number of hydrogen-bond donors (Lipinski definition) is 1. The van der Waals surface area contributed by atoms with Gasteiger partial charge in [0.25, 0.3) is 0 Å². The van der Waals surface area contributed by atoms with Crippen molar-refractivity contribution in [1.29, 1.82) is 0 Å². The van der Waals surface area contributed by atoms with Gasteiger partial charge in [0.15, 0.2) is 0 Å². The van der Waals surface area contributed by atoms with Crippen LogP contribution < -0.4 is 5.32 Å². The van der Waals surface area contributed by atoms with Gasteiger partial charge < -0.3 is 10.2 Å². The van der Waals surface area contributed by atoms with E-state index in [1.807, 2.05) is 12.1 Å². The maximum absolute atomic E-state index is 12.8. The minimum atomic E-state index is -0.155. The van der Waals surface area contributed by atoms with Crippen LogP contribution in [0, 0.1) is 5.82 Å². The van der Waals surface area contributed by atoms with Crippen LogP contribution in [-0.4, -0.2) is 37.6 Å². The van der Waals surface area contributed by atoms with Crippen molar-refractivity contribution in [1.82, 2.24) is 10.2 Å². The quantitative estimate of drug-likeness (QED) is 0.895. The molecule has 1 heterocycles. The van der Waals surface area contributed by atoms with Crippen LogP contribution in [0.15, 0.2) is 24.3 Å². The van der Waals surface area contributed by atoms with Crippen molar-refractivity contribution in [2.24, 2.45) is 0 Å². The number of halogens is 2. The number of nitrogens with one attached hydrogen (secondary N) is 1. The zero-order valence-corrected chi connectivity index (χ0v) is 11.0. The SMILES string of the molecule is CC(CN1CCNCC1)c1ccc(F)cc1.Cl. The summed E-state index contributed by atoms with van der Waals surface area (Å²) in [6, 6.07) is 6.87. The number of rotatable bonds is 3. The van der Waals surface area contributed by atoms with E-state index in [0.717, 1.165) is 32.7 Å². The van der Waals surface area contributed by atoms with Crippen molar-refractivity contribution in [3.05, 3.63) is 35.6 Å². The topological polar surface area (TPSA) is 15.3 Å². The number of nitrogens with zero attached hydrogens (tertiary/aromatic N) is 1. The van der Waals surface area contributed by atoms with Gasteiger partial charge in [0.05, 0.1) is 0 Å². The molecule has 0 spiro atoms. The molecule has 0 aliphatic carbocycles. The van der Waals surface area contributed by atoms with Crippen molar-refractivity contribution in [2.75, 3.05) is 32.7 Å². The molecule has 0 saturated carbocycles. The van der Waals surface area contributed by atoms with Crippen LogP contribution in [0.1, 0.15) is 18.4 Å². The molecule has 0 aromatic heterocycles. The first-order chi connectivity index (χ1) is 7.75. The Bertz CT molecular complexity index is 323. The smallest absolute Gasteiger partial charge is 0.123 e. The summed E-state index contributed by atoms with van der Waals surface area (Å²) >= 11 is 0. The van der Waals surface area contributed by atoms with E-state index >= 15 is 0 Å². The highest BCUT2D eigenvalue weighted by Crippen LogP contribution is 2.17. The molecule has 4 heteroatoms. The van der Waals surface area contributed by atoms with Gasteiger partial charge in [-0.2, -0.15) is 0 Å². The zero-order chi connectivity index (χ0) is 11.4. The Morgan fingerprint density at radius 3 is 2.41 bits per heavy atom. The summed E-state index contributed by atoms with van der Waals surface area (Å²) in [5.74, 6) is 0.317. The van der Waals surface area contributed by atoms with Gasteiger partial charge in [-0.15, -0.1) is 12.4 Å². The standard InChI is InChI=1S/C13H19FN2.ClH/c1-11(10-16-8-6-15-7-9-16)12-2-4-13(14)5-3-12;/h2-5,11,15H,6-10H2,1H3;1H. The molecule has 1 saturated heterocycles. The molecule has 1 unspecified atom stereocenters. The van der Waals surface area contributed by atoms with Gasteiger partial charge in [-0.1, -0.05) is 19.1 Å². The molecule has 96 valence electrons. The number of piperazine rings is 1. The molecule has 1 aromatic rings. The number of benzene rings is 1. The molecule has 1 aliphatic heterocycles. The second-order valence-corrected chi connectivity index (χ2v) is 4.50. The lowest BCUT2D eigenvalue weighted by molar-refractivity contribution is 0.230. The normalized spacial score (nSPS) is 18.5. The largest absolute Gasteiger partial charge is 0.314 e. The second kappa shape index (κ2) is 6.94. The Kier molecular flexibility index (Phi) is 5.89. The van der Waals surface area contributed by atoms with Crippen LogP contribution in [0.2, 0.25) is 0 Å².